The average molecular weight is 612 g/mol. The van der Waals surface area contributed by atoms with Gasteiger partial charge >= 0.3 is 24.0 Å². The summed E-state index contributed by atoms with van der Waals surface area (Å²) < 4.78 is 21.9. The Bertz CT molecular complexity index is 777. The smallest absolute Gasteiger partial charge is 0.410 e. The molecule has 250 valence electrons. The number of likely N-dealkylation sites (tertiary alicyclic amines) is 1. The van der Waals surface area contributed by atoms with E-state index in [4.69, 9.17) is 18.9 Å². The van der Waals surface area contributed by atoms with Crippen molar-refractivity contribution >= 4 is 24.0 Å². The Morgan fingerprint density at radius 3 is 1.53 bits per heavy atom. The minimum absolute atomic E-state index is 0.0479. The molecule has 1 aliphatic heterocycles. The molecule has 0 aliphatic carbocycles. The SMILES string of the molecule is CCCCCCCCOC(=O)CC(CC(=O)OCCCCCCCC)CC(=O)OCC1CC(CC)N1C(=O)OC(C)(C)C. The lowest BCUT2D eigenvalue weighted by Crippen LogP contribution is -2.61. The van der Waals surface area contributed by atoms with Crippen molar-refractivity contribution < 1.29 is 38.1 Å². The van der Waals surface area contributed by atoms with E-state index in [2.05, 4.69) is 13.8 Å². The average Bonchev–Trinajstić information content (AvgIpc) is 2.90. The Labute approximate surface area is 261 Å². The van der Waals surface area contributed by atoms with E-state index in [1.807, 2.05) is 27.7 Å². The third-order valence-corrected chi connectivity index (χ3v) is 7.73. The second-order valence-corrected chi connectivity index (χ2v) is 13.0. The molecule has 2 atom stereocenters. The Hall–Kier alpha value is -2.32. The van der Waals surface area contributed by atoms with Gasteiger partial charge in [-0.3, -0.25) is 19.3 Å². The largest absolute Gasteiger partial charge is 0.466 e. The van der Waals surface area contributed by atoms with E-state index in [0.29, 0.717) is 13.2 Å². The molecule has 1 amide bonds. The van der Waals surface area contributed by atoms with Crippen molar-refractivity contribution in [1.82, 2.24) is 4.90 Å². The first-order valence-electron chi connectivity index (χ1n) is 17.0. The van der Waals surface area contributed by atoms with Gasteiger partial charge < -0.3 is 18.9 Å². The number of carbonyl (C=O) groups is 4. The van der Waals surface area contributed by atoms with Gasteiger partial charge in [0.05, 0.1) is 19.3 Å². The second-order valence-electron chi connectivity index (χ2n) is 13.0. The second kappa shape index (κ2) is 22.2. The van der Waals surface area contributed by atoms with Gasteiger partial charge in [0, 0.05) is 25.3 Å². The maximum Gasteiger partial charge on any atom is 0.410 e. The summed E-state index contributed by atoms with van der Waals surface area (Å²) in [5, 5.41) is 0. The summed E-state index contributed by atoms with van der Waals surface area (Å²) >= 11 is 0. The summed E-state index contributed by atoms with van der Waals surface area (Å²) in [5.74, 6) is -1.93. The molecule has 1 fully saturated rings. The van der Waals surface area contributed by atoms with E-state index in [0.717, 1.165) is 51.4 Å². The van der Waals surface area contributed by atoms with Crippen LogP contribution in [0.25, 0.3) is 0 Å². The Morgan fingerprint density at radius 2 is 1.09 bits per heavy atom. The van der Waals surface area contributed by atoms with Gasteiger partial charge in [-0.25, -0.2) is 4.79 Å². The molecule has 0 spiro atoms. The van der Waals surface area contributed by atoms with Crippen LogP contribution in [0.15, 0.2) is 0 Å². The van der Waals surface area contributed by atoms with Crippen molar-refractivity contribution in [2.24, 2.45) is 5.92 Å². The van der Waals surface area contributed by atoms with Crippen LogP contribution in [0.4, 0.5) is 4.79 Å². The highest BCUT2D eigenvalue weighted by Crippen LogP contribution is 2.30. The van der Waals surface area contributed by atoms with E-state index < -0.39 is 35.5 Å². The third-order valence-electron chi connectivity index (χ3n) is 7.73. The summed E-state index contributed by atoms with van der Waals surface area (Å²) in [6.07, 6.45) is 13.9. The van der Waals surface area contributed by atoms with Crippen molar-refractivity contribution in [2.75, 3.05) is 19.8 Å². The van der Waals surface area contributed by atoms with Crippen LogP contribution >= 0.6 is 0 Å². The lowest BCUT2D eigenvalue weighted by Gasteiger charge is -2.47. The van der Waals surface area contributed by atoms with Crippen LogP contribution < -0.4 is 0 Å². The number of esters is 3. The molecule has 9 nitrogen and oxygen atoms in total. The summed E-state index contributed by atoms with van der Waals surface area (Å²) in [6, 6.07) is -0.207. The maximum atomic E-state index is 12.8. The molecule has 0 aromatic heterocycles. The molecular formula is C34H61NO8. The predicted molar refractivity (Wildman–Crippen MR) is 168 cm³/mol. The fraction of sp³-hybridized carbons (Fsp3) is 0.882. The molecule has 1 rings (SSSR count). The topological polar surface area (TPSA) is 108 Å². The summed E-state index contributed by atoms with van der Waals surface area (Å²) in [6.45, 7) is 12.5. The number of unbranched alkanes of at least 4 members (excludes halogenated alkanes) is 10. The van der Waals surface area contributed by atoms with Gasteiger partial charge in [0.1, 0.15) is 12.2 Å². The van der Waals surface area contributed by atoms with Crippen LogP contribution in [-0.2, 0) is 33.3 Å². The van der Waals surface area contributed by atoms with Gasteiger partial charge in [0.15, 0.2) is 0 Å². The zero-order chi connectivity index (χ0) is 32.1. The Kier molecular flexibility index (Phi) is 20.0. The van der Waals surface area contributed by atoms with Crippen LogP contribution in [-0.4, -0.2) is 66.4 Å². The van der Waals surface area contributed by atoms with E-state index in [9.17, 15) is 19.2 Å². The fourth-order valence-electron chi connectivity index (χ4n) is 5.25. The Morgan fingerprint density at radius 1 is 0.651 bits per heavy atom. The standard InChI is InChI=1S/C34H61NO8/c1-7-10-12-14-16-18-20-40-30(36)22-27(23-31(37)41-21-19-17-15-13-11-8-2)24-32(38)42-26-29-25-28(9-3)35(29)33(39)43-34(4,5)6/h27-29H,7-26H2,1-6H3. The van der Waals surface area contributed by atoms with Gasteiger partial charge in [0.2, 0.25) is 0 Å². The molecule has 2 unspecified atom stereocenters. The van der Waals surface area contributed by atoms with Crippen LogP contribution in [0, 0.1) is 5.92 Å². The predicted octanol–water partition coefficient (Wildman–Crippen LogP) is 7.91. The number of rotatable bonds is 23. The van der Waals surface area contributed by atoms with Gasteiger partial charge in [-0.1, -0.05) is 85.0 Å². The Balaban J connectivity index is 2.60. The van der Waals surface area contributed by atoms with Crippen molar-refractivity contribution in [3.63, 3.8) is 0 Å². The van der Waals surface area contributed by atoms with E-state index in [1.54, 1.807) is 4.90 Å². The van der Waals surface area contributed by atoms with Gasteiger partial charge in [-0.15, -0.1) is 0 Å². The number of hydrogen-bond donors (Lipinski definition) is 0. The zero-order valence-electron chi connectivity index (χ0n) is 28.1. The molecule has 43 heavy (non-hydrogen) atoms. The van der Waals surface area contributed by atoms with Crippen molar-refractivity contribution in [2.45, 2.75) is 168 Å². The first-order chi connectivity index (χ1) is 20.5. The molecule has 1 aliphatic rings. The highest BCUT2D eigenvalue weighted by atomic mass is 16.6. The minimum atomic E-state index is -0.618. The zero-order valence-corrected chi connectivity index (χ0v) is 28.1. The highest BCUT2D eigenvalue weighted by Gasteiger charge is 2.43. The number of carbonyl (C=O) groups excluding carboxylic acids is 4. The third kappa shape index (κ3) is 18.2. The quantitative estimate of drug-likeness (QED) is 0.0651. The number of nitrogens with zero attached hydrogens (tertiary/aromatic N) is 1. The number of ether oxygens (including phenoxy) is 4. The molecule has 0 N–H and O–H groups in total. The van der Waals surface area contributed by atoms with Gasteiger partial charge in [-0.2, -0.15) is 0 Å². The summed E-state index contributed by atoms with van der Waals surface area (Å²) in [5.41, 5.74) is -0.618. The fourth-order valence-corrected chi connectivity index (χ4v) is 5.25. The molecular weight excluding hydrogens is 550 g/mol. The highest BCUT2D eigenvalue weighted by molar-refractivity contribution is 5.76. The first-order valence-corrected chi connectivity index (χ1v) is 17.0. The lowest BCUT2D eigenvalue weighted by atomic mass is 9.92. The number of amides is 1. The first kappa shape index (κ1) is 38.7. The van der Waals surface area contributed by atoms with Crippen LogP contribution in [0.1, 0.15) is 151 Å². The molecule has 1 saturated heterocycles. The van der Waals surface area contributed by atoms with Crippen LogP contribution in [0.3, 0.4) is 0 Å². The van der Waals surface area contributed by atoms with E-state index >= 15 is 0 Å². The van der Waals surface area contributed by atoms with Crippen molar-refractivity contribution in [3.05, 3.63) is 0 Å². The van der Waals surface area contributed by atoms with Crippen molar-refractivity contribution in [3.8, 4) is 0 Å². The minimum Gasteiger partial charge on any atom is -0.466 e. The molecule has 0 bridgehead atoms. The lowest BCUT2D eigenvalue weighted by molar-refractivity contribution is -0.152. The number of hydrogen-bond acceptors (Lipinski definition) is 8. The maximum absolute atomic E-state index is 12.8. The molecule has 0 radical (unpaired) electrons. The summed E-state index contributed by atoms with van der Waals surface area (Å²) in [7, 11) is 0. The van der Waals surface area contributed by atoms with Crippen LogP contribution in [0.2, 0.25) is 0 Å². The molecule has 0 aromatic rings. The molecule has 1 heterocycles. The van der Waals surface area contributed by atoms with Gasteiger partial charge in [0.25, 0.3) is 0 Å². The van der Waals surface area contributed by atoms with Crippen molar-refractivity contribution in [1.29, 1.82) is 0 Å². The van der Waals surface area contributed by atoms with E-state index in [-0.39, 0.29) is 38.0 Å². The monoisotopic (exact) mass is 611 g/mol. The summed E-state index contributed by atoms with van der Waals surface area (Å²) in [4.78, 5) is 52.3. The molecule has 9 heteroatoms. The van der Waals surface area contributed by atoms with Crippen LogP contribution in [0.5, 0.6) is 0 Å². The molecule has 0 aromatic carbocycles. The molecule has 0 saturated carbocycles. The van der Waals surface area contributed by atoms with Gasteiger partial charge in [-0.05, 0) is 52.4 Å². The normalized spacial score (nSPS) is 16.5. The van der Waals surface area contributed by atoms with E-state index in [1.165, 1.54) is 38.5 Å².